The molecule has 2 atom stereocenters. The summed E-state index contributed by atoms with van der Waals surface area (Å²) < 4.78 is 5.56. The minimum Gasteiger partial charge on any atom is -0.389 e. The molecular formula is C9H13NO2S. The molecule has 0 radical (unpaired) electrons. The molecule has 1 aromatic rings. The minimum absolute atomic E-state index is 0.0397. The van der Waals surface area contributed by atoms with Crippen molar-refractivity contribution in [1.82, 2.24) is 5.32 Å². The van der Waals surface area contributed by atoms with Gasteiger partial charge in [-0.15, -0.1) is 11.3 Å². The average molecular weight is 199 g/mol. The molecule has 0 saturated carbocycles. The van der Waals surface area contributed by atoms with Gasteiger partial charge in [-0.3, -0.25) is 0 Å². The number of thiophene rings is 1. The summed E-state index contributed by atoms with van der Waals surface area (Å²) in [4.78, 5) is 1.21. The largest absolute Gasteiger partial charge is 0.389 e. The molecular weight excluding hydrogens is 186 g/mol. The van der Waals surface area contributed by atoms with Gasteiger partial charge < -0.3 is 15.2 Å². The van der Waals surface area contributed by atoms with E-state index in [9.17, 15) is 5.11 Å². The standard InChI is InChI=1S/C9H13NO2S/c11-8-4-10-5-9(8)12-6-7-2-1-3-13-7/h1-3,8-11H,4-6H2. The maximum atomic E-state index is 9.43. The zero-order chi connectivity index (χ0) is 9.10. The third-order valence-electron chi connectivity index (χ3n) is 2.15. The fraction of sp³-hybridized carbons (Fsp3) is 0.556. The molecule has 2 N–H and O–H groups in total. The van der Waals surface area contributed by atoms with Gasteiger partial charge in [0.15, 0.2) is 0 Å². The number of aliphatic hydroxyl groups is 1. The number of aliphatic hydroxyl groups excluding tert-OH is 1. The van der Waals surface area contributed by atoms with Gasteiger partial charge in [0.25, 0.3) is 0 Å². The Morgan fingerprint density at radius 2 is 2.54 bits per heavy atom. The molecule has 3 nitrogen and oxygen atoms in total. The molecule has 2 rings (SSSR count). The quantitative estimate of drug-likeness (QED) is 0.749. The van der Waals surface area contributed by atoms with Crippen LogP contribution in [0.3, 0.4) is 0 Å². The Kier molecular flexibility index (Phi) is 2.95. The second kappa shape index (κ2) is 4.19. The van der Waals surface area contributed by atoms with E-state index in [1.165, 1.54) is 4.88 Å². The van der Waals surface area contributed by atoms with Crippen LogP contribution in [-0.2, 0) is 11.3 Å². The van der Waals surface area contributed by atoms with Crippen molar-refractivity contribution in [2.75, 3.05) is 13.1 Å². The maximum Gasteiger partial charge on any atom is 0.0975 e. The number of hydrogen-bond acceptors (Lipinski definition) is 4. The van der Waals surface area contributed by atoms with Crippen molar-refractivity contribution in [3.05, 3.63) is 22.4 Å². The molecule has 2 unspecified atom stereocenters. The third-order valence-corrected chi connectivity index (χ3v) is 3.00. The highest BCUT2D eigenvalue weighted by Gasteiger charge is 2.25. The molecule has 4 heteroatoms. The molecule has 0 spiro atoms. The van der Waals surface area contributed by atoms with Crippen LogP contribution in [0.25, 0.3) is 0 Å². The van der Waals surface area contributed by atoms with Crippen LogP contribution in [0.4, 0.5) is 0 Å². The van der Waals surface area contributed by atoms with Crippen LogP contribution in [0.5, 0.6) is 0 Å². The number of hydrogen-bond donors (Lipinski definition) is 2. The first kappa shape index (κ1) is 9.15. The molecule has 1 saturated heterocycles. The van der Waals surface area contributed by atoms with Gasteiger partial charge in [-0.1, -0.05) is 6.07 Å². The van der Waals surface area contributed by atoms with Gasteiger partial charge >= 0.3 is 0 Å². The van der Waals surface area contributed by atoms with Crippen LogP contribution < -0.4 is 5.32 Å². The molecule has 0 aromatic carbocycles. The summed E-state index contributed by atoms with van der Waals surface area (Å²) in [5, 5.41) is 14.5. The lowest BCUT2D eigenvalue weighted by molar-refractivity contribution is -0.0159. The first-order valence-corrected chi connectivity index (χ1v) is 5.27. The number of β-amino-alcohol motifs (C(OH)–C–C–N with tert-alkyl or cyclic N) is 1. The van der Waals surface area contributed by atoms with Crippen molar-refractivity contribution in [2.45, 2.75) is 18.8 Å². The van der Waals surface area contributed by atoms with Gasteiger partial charge in [0.2, 0.25) is 0 Å². The first-order valence-electron chi connectivity index (χ1n) is 4.39. The SMILES string of the molecule is OC1CNCC1OCc1cccs1. The molecule has 1 aliphatic rings. The summed E-state index contributed by atoms with van der Waals surface area (Å²) in [7, 11) is 0. The van der Waals surface area contributed by atoms with E-state index in [0.717, 1.165) is 6.54 Å². The van der Waals surface area contributed by atoms with Gasteiger partial charge in [-0.25, -0.2) is 0 Å². The minimum atomic E-state index is -0.347. The van der Waals surface area contributed by atoms with Crippen LogP contribution in [0.1, 0.15) is 4.88 Å². The number of nitrogens with one attached hydrogen (secondary N) is 1. The molecule has 13 heavy (non-hydrogen) atoms. The number of ether oxygens (including phenoxy) is 1. The van der Waals surface area contributed by atoms with Crippen LogP contribution in [0.2, 0.25) is 0 Å². The van der Waals surface area contributed by atoms with Crippen molar-refractivity contribution in [1.29, 1.82) is 0 Å². The zero-order valence-corrected chi connectivity index (χ0v) is 8.09. The van der Waals surface area contributed by atoms with Crippen LogP contribution in [-0.4, -0.2) is 30.4 Å². The fourth-order valence-electron chi connectivity index (χ4n) is 1.39. The van der Waals surface area contributed by atoms with Crippen LogP contribution >= 0.6 is 11.3 Å². The second-order valence-electron chi connectivity index (χ2n) is 3.15. The Morgan fingerprint density at radius 3 is 3.15 bits per heavy atom. The second-order valence-corrected chi connectivity index (χ2v) is 4.19. The van der Waals surface area contributed by atoms with E-state index < -0.39 is 0 Å². The van der Waals surface area contributed by atoms with Crippen molar-refractivity contribution < 1.29 is 9.84 Å². The van der Waals surface area contributed by atoms with E-state index in [0.29, 0.717) is 13.2 Å². The Hall–Kier alpha value is -0.420. The molecule has 0 bridgehead atoms. The van der Waals surface area contributed by atoms with Gasteiger partial charge in [0.05, 0.1) is 18.8 Å². The Balaban J connectivity index is 1.79. The van der Waals surface area contributed by atoms with Crippen molar-refractivity contribution in [2.24, 2.45) is 0 Å². The molecule has 1 aromatic heterocycles. The van der Waals surface area contributed by atoms with Crippen molar-refractivity contribution in [3.63, 3.8) is 0 Å². The lowest BCUT2D eigenvalue weighted by atomic mass is 10.3. The molecule has 1 fully saturated rings. The normalized spacial score (nSPS) is 28.1. The monoisotopic (exact) mass is 199 g/mol. The third kappa shape index (κ3) is 2.28. The van der Waals surface area contributed by atoms with Crippen LogP contribution in [0, 0.1) is 0 Å². The summed E-state index contributed by atoms with van der Waals surface area (Å²) in [6.07, 6.45) is -0.387. The number of rotatable bonds is 3. The zero-order valence-electron chi connectivity index (χ0n) is 7.27. The molecule has 72 valence electrons. The van der Waals surface area contributed by atoms with E-state index >= 15 is 0 Å². The van der Waals surface area contributed by atoms with E-state index in [1.807, 2.05) is 17.5 Å². The van der Waals surface area contributed by atoms with Gasteiger partial charge in [-0.2, -0.15) is 0 Å². The first-order chi connectivity index (χ1) is 6.36. The van der Waals surface area contributed by atoms with Crippen LogP contribution in [0.15, 0.2) is 17.5 Å². The van der Waals surface area contributed by atoms with Gasteiger partial charge in [0.1, 0.15) is 0 Å². The van der Waals surface area contributed by atoms with E-state index in [1.54, 1.807) is 11.3 Å². The molecule has 1 aliphatic heterocycles. The van der Waals surface area contributed by atoms with Gasteiger partial charge in [0, 0.05) is 18.0 Å². The van der Waals surface area contributed by atoms with E-state index in [-0.39, 0.29) is 12.2 Å². The predicted octanol–water partition coefficient (Wildman–Crippen LogP) is 0.597. The smallest absolute Gasteiger partial charge is 0.0975 e. The summed E-state index contributed by atoms with van der Waals surface area (Å²) in [5.74, 6) is 0. The maximum absolute atomic E-state index is 9.43. The highest BCUT2D eigenvalue weighted by molar-refractivity contribution is 7.09. The topological polar surface area (TPSA) is 41.5 Å². The molecule has 2 heterocycles. The van der Waals surface area contributed by atoms with E-state index in [2.05, 4.69) is 5.32 Å². The Morgan fingerprint density at radius 1 is 1.62 bits per heavy atom. The average Bonchev–Trinajstić information content (AvgIpc) is 2.72. The summed E-state index contributed by atoms with van der Waals surface area (Å²) >= 11 is 1.68. The lowest BCUT2D eigenvalue weighted by Gasteiger charge is -2.13. The fourth-order valence-corrected chi connectivity index (χ4v) is 2.02. The summed E-state index contributed by atoms with van der Waals surface area (Å²) in [5.41, 5.74) is 0. The Labute approximate surface area is 81.3 Å². The highest BCUT2D eigenvalue weighted by atomic mass is 32.1. The van der Waals surface area contributed by atoms with Gasteiger partial charge in [-0.05, 0) is 11.4 Å². The van der Waals surface area contributed by atoms with Crippen molar-refractivity contribution >= 4 is 11.3 Å². The molecule has 0 aliphatic carbocycles. The Bertz CT molecular complexity index is 250. The highest BCUT2D eigenvalue weighted by Crippen LogP contribution is 2.13. The lowest BCUT2D eigenvalue weighted by Crippen LogP contribution is -2.26. The summed E-state index contributed by atoms with van der Waals surface area (Å²) in [6.45, 7) is 2.02. The van der Waals surface area contributed by atoms with Crippen molar-refractivity contribution in [3.8, 4) is 0 Å². The summed E-state index contributed by atoms with van der Waals surface area (Å²) in [6, 6.07) is 4.05. The predicted molar refractivity (Wildman–Crippen MR) is 51.8 cm³/mol. The van der Waals surface area contributed by atoms with E-state index in [4.69, 9.17) is 4.74 Å². The molecule has 0 amide bonds.